The number of aryl methyl sites for hydroxylation is 1. The molecule has 22 heavy (non-hydrogen) atoms. The summed E-state index contributed by atoms with van der Waals surface area (Å²) in [6, 6.07) is 9.66. The third kappa shape index (κ3) is 5.16. The zero-order chi connectivity index (χ0) is 15.8. The van der Waals surface area contributed by atoms with Crippen LogP contribution in [0.2, 0.25) is 5.02 Å². The summed E-state index contributed by atoms with van der Waals surface area (Å²) in [5.74, 6) is 2.31. The molecule has 0 saturated carbocycles. The topological polar surface area (TPSA) is 59.1 Å². The summed E-state index contributed by atoms with van der Waals surface area (Å²) in [7, 11) is 1.70. The molecule has 6 heteroatoms. The number of hydrogen-bond donors (Lipinski definition) is 2. The Morgan fingerprint density at radius 1 is 1.14 bits per heavy atom. The third-order valence-corrected chi connectivity index (χ3v) is 3.46. The Balaban J connectivity index is 1.96. The maximum absolute atomic E-state index is 6.15. The van der Waals surface area contributed by atoms with E-state index in [1.165, 1.54) is 0 Å². The molecule has 2 N–H and O–H groups in total. The molecular weight excluding hydrogens is 300 g/mol. The van der Waals surface area contributed by atoms with Crippen molar-refractivity contribution in [2.24, 2.45) is 0 Å². The first kappa shape index (κ1) is 16.5. The van der Waals surface area contributed by atoms with Gasteiger partial charge < -0.3 is 15.4 Å². The molecule has 1 heterocycles. The first-order valence-corrected chi connectivity index (χ1v) is 7.62. The fourth-order valence-electron chi connectivity index (χ4n) is 2.01. The molecule has 1 aromatic carbocycles. The molecule has 0 bridgehead atoms. The average molecular weight is 321 g/mol. The molecule has 0 aliphatic rings. The van der Waals surface area contributed by atoms with Crippen molar-refractivity contribution in [2.75, 3.05) is 30.9 Å². The van der Waals surface area contributed by atoms with E-state index in [0.29, 0.717) is 6.54 Å². The molecule has 0 unspecified atom stereocenters. The van der Waals surface area contributed by atoms with Crippen LogP contribution in [0, 0.1) is 6.92 Å². The molecule has 0 aliphatic carbocycles. The molecule has 0 fully saturated rings. The van der Waals surface area contributed by atoms with Gasteiger partial charge in [-0.15, -0.1) is 0 Å². The minimum atomic E-state index is 0.624. The molecule has 1 aromatic heterocycles. The van der Waals surface area contributed by atoms with E-state index in [1.807, 2.05) is 37.3 Å². The largest absolute Gasteiger partial charge is 0.385 e. The molecular formula is C16H21ClN4O. The van der Waals surface area contributed by atoms with Gasteiger partial charge in [0.05, 0.1) is 0 Å². The van der Waals surface area contributed by atoms with Crippen LogP contribution in [0.3, 0.4) is 0 Å². The first-order chi connectivity index (χ1) is 10.7. The summed E-state index contributed by atoms with van der Waals surface area (Å²) >= 11 is 6.15. The van der Waals surface area contributed by atoms with E-state index in [0.717, 1.165) is 47.6 Å². The second-order valence-electron chi connectivity index (χ2n) is 4.90. The van der Waals surface area contributed by atoms with Crippen molar-refractivity contribution in [3.63, 3.8) is 0 Å². The van der Waals surface area contributed by atoms with Gasteiger partial charge >= 0.3 is 0 Å². The van der Waals surface area contributed by atoms with Gasteiger partial charge in [0.25, 0.3) is 0 Å². The lowest BCUT2D eigenvalue weighted by Gasteiger charge is -2.11. The lowest BCUT2D eigenvalue weighted by molar-refractivity contribution is 0.198. The van der Waals surface area contributed by atoms with Crippen LogP contribution < -0.4 is 10.6 Å². The summed E-state index contributed by atoms with van der Waals surface area (Å²) < 4.78 is 5.03. The van der Waals surface area contributed by atoms with E-state index in [2.05, 4.69) is 20.6 Å². The molecule has 118 valence electrons. The highest BCUT2D eigenvalue weighted by molar-refractivity contribution is 6.31. The first-order valence-electron chi connectivity index (χ1n) is 7.25. The monoisotopic (exact) mass is 320 g/mol. The van der Waals surface area contributed by atoms with Gasteiger partial charge in [-0.05, 0) is 25.0 Å². The minimum absolute atomic E-state index is 0.624. The summed E-state index contributed by atoms with van der Waals surface area (Å²) in [6.07, 6.45) is 0.932. The van der Waals surface area contributed by atoms with Gasteiger partial charge in [-0.25, -0.2) is 9.97 Å². The standard InChI is InChI=1S/C16H21ClN4O/c1-12-20-15(18-8-5-9-22-2)10-16(21-12)19-11-13-6-3-4-7-14(13)17/h3-4,6-7,10H,5,8-9,11H2,1-2H3,(H2,18,19,20,21). The number of aromatic nitrogens is 2. The van der Waals surface area contributed by atoms with Gasteiger partial charge in [-0.2, -0.15) is 0 Å². The molecule has 5 nitrogen and oxygen atoms in total. The van der Waals surface area contributed by atoms with Crippen molar-refractivity contribution in [2.45, 2.75) is 19.9 Å². The van der Waals surface area contributed by atoms with E-state index in [9.17, 15) is 0 Å². The fourth-order valence-corrected chi connectivity index (χ4v) is 2.21. The highest BCUT2D eigenvalue weighted by atomic mass is 35.5. The van der Waals surface area contributed by atoms with E-state index >= 15 is 0 Å². The molecule has 0 aliphatic heterocycles. The number of anilines is 2. The fraction of sp³-hybridized carbons (Fsp3) is 0.375. The summed E-state index contributed by atoms with van der Waals surface area (Å²) in [6.45, 7) is 4.04. The zero-order valence-electron chi connectivity index (χ0n) is 12.9. The van der Waals surface area contributed by atoms with Crippen molar-refractivity contribution >= 4 is 23.2 Å². The van der Waals surface area contributed by atoms with Crippen molar-refractivity contribution in [3.8, 4) is 0 Å². The summed E-state index contributed by atoms with van der Waals surface area (Å²) in [5.41, 5.74) is 1.04. The molecule has 2 aromatic rings. The highest BCUT2D eigenvalue weighted by Crippen LogP contribution is 2.17. The van der Waals surface area contributed by atoms with Crippen LogP contribution in [0.15, 0.2) is 30.3 Å². The van der Waals surface area contributed by atoms with Crippen molar-refractivity contribution < 1.29 is 4.74 Å². The van der Waals surface area contributed by atoms with Crippen LogP contribution in [0.1, 0.15) is 17.8 Å². The Morgan fingerprint density at radius 2 is 1.86 bits per heavy atom. The number of ether oxygens (including phenoxy) is 1. The Hall–Kier alpha value is -1.85. The SMILES string of the molecule is COCCCNc1cc(NCc2ccccc2Cl)nc(C)n1. The van der Waals surface area contributed by atoms with E-state index in [-0.39, 0.29) is 0 Å². The van der Waals surface area contributed by atoms with Gasteiger partial charge in [0.2, 0.25) is 0 Å². The second-order valence-corrected chi connectivity index (χ2v) is 5.31. The lowest BCUT2D eigenvalue weighted by atomic mass is 10.2. The van der Waals surface area contributed by atoms with Crippen molar-refractivity contribution in [1.82, 2.24) is 9.97 Å². The minimum Gasteiger partial charge on any atom is -0.385 e. The quantitative estimate of drug-likeness (QED) is 0.729. The predicted molar refractivity (Wildman–Crippen MR) is 90.5 cm³/mol. The van der Waals surface area contributed by atoms with Crippen molar-refractivity contribution in [3.05, 3.63) is 46.7 Å². The number of nitrogens with zero attached hydrogens (tertiary/aromatic N) is 2. The maximum atomic E-state index is 6.15. The predicted octanol–water partition coefficient (Wildman–Crippen LogP) is 3.50. The highest BCUT2D eigenvalue weighted by Gasteiger charge is 2.03. The summed E-state index contributed by atoms with van der Waals surface area (Å²) in [5, 5.41) is 7.31. The number of nitrogens with one attached hydrogen (secondary N) is 2. The zero-order valence-corrected chi connectivity index (χ0v) is 13.7. The smallest absolute Gasteiger partial charge is 0.132 e. The number of benzene rings is 1. The van der Waals surface area contributed by atoms with Crippen LogP contribution in [0.25, 0.3) is 0 Å². The molecule has 0 spiro atoms. The van der Waals surface area contributed by atoms with Gasteiger partial charge in [0.15, 0.2) is 0 Å². The van der Waals surface area contributed by atoms with Crippen molar-refractivity contribution in [1.29, 1.82) is 0 Å². The third-order valence-electron chi connectivity index (χ3n) is 3.09. The van der Waals surface area contributed by atoms with Gasteiger partial charge in [-0.3, -0.25) is 0 Å². The van der Waals surface area contributed by atoms with Crippen LogP contribution in [0.4, 0.5) is 11.6 Å². The normalized spacial score (nSPS) is 10.5. The Bertz CT molecular complexity index is 606. The van der Waals surface area contributed by atoms with Crippen LogP contribution in [-0.4, -0.2) is 30.2 Å². The maximum Gasteiger partial charge on any atom is 0.132 e. The Kier molecular flexibility index (Phi) is 6.43. The van der Waals surface area contributed by atoms with E-state index < -0.39 is 0 Å². The lowest BCUT2D eigenvalue weighted by Crippen LogP contribution is -2.09. The molecule has 0 amide bonds. The number of rotatable bonds is 8. The van der Waals surface area contributed by atoms with Crippen LogP contribution in [-0.2, 0) is 11.3 Å². The van der Waals surface area contributed by atoms with Crippen LogP contribution >= 0.6 is 11.6 Å². The molecule has 2 rings (SSSR count). The summed E-state index contributed by atoms with van der Waals surface area (Å²) in [4.78, 5) is 8.77. The molecule has 0 saturated heterocycles. The van der Waals surface area contributed by atoms with Gasteiger partial charge in [0, 0.05) is 37.9 Å². The van der Waals surface area contributed by atoms with E-state index in [4.69, 9.17) is 16.3 Å². The van der Waals surface area contributed by atoms with Crippen LogP contribution in [0.5, 0.6) is 0 Å². The Morgan fingerprint density at radius 3 is 2.59 bits per heavy atom. The molecule has 0 radical (unpaired) electrons. The number of halogens is 1. The van der Waals surface area contributed by atoms with E-state index in [1.54, 1.807) is 7.11 Å². The Labute approximate surface area is 136 Å². The number of methoxy groups -OCH3 is 1. The molecule has 0 atom stereocenters. The second kappa shape index (κ2) is 8.56. The number of hydrogen-bond acceptors (Lipinski definition) is 5. The average Bonchev–Trinajstić information content (AvgIpc) is 2.50. The van der Waals surface area contributed by atoms with Gasteiger partial charge in [-0.1, -0.05) is 29.8 Å². The van der Waals surface area contributed by atoms with Gasteiger partial charge in [0.1, 0.15) is 17.5 Å².